The predicted octanol–water partition coefficient (Wildman–Crippen LogP) is 4.44. The second-order valence-corrected chi connectivity index (χ2v) is 6.41. The van der Waals surface area contributed by atoms with Crippen molar-refractivity contribution < 1.29 is 9.53 Å². The molecule has 0 spiro atoms. The van der Waals surface area contributed by atoms with Gasteiger partial charge in [-0.05, 0) is 43.2 Å². The van der Waals surface area contributed by atoms with E-state index in [0.717, 1.165) is 12.0 Å². The van der Waals surface area contributed by atoms with E-state index in [2.05, 4.69) is 20.6 Å². The van der Waals surface area contributed by atoms with E-state index in [9.17, 15) is 4.79 Å². The molecule has 0 aliphatic carbocycles. The Labute approximate surface area is 168 Å². The van der Waals surface area contributed by atoms with Crippen molar-refractivity contribution in [2.45, 2.75) is 13.3 Å². The molecule has 7 heteroatoms. The number of ether oxygens (including phenoxy) is 1. The van der Waals surface area contributed by atoms with Crippen LogP contribution in [0.1, 0.15) is 23.0 Å². The number of nitrogens with one attached hydrogen (secondary N) is 2. The van der Waals surface area contributed by atoms with Crippen molar-refractivity contribution in [3.05, 3.63) is 77.2 Å². The maximum Gasteiger partial charge on any atom is 0.274 e. The van der Waals surface area contributed by atoms with Gasteiger partial charge in [-0.25, -0.2) is 9.97 Å². The molecule has 0 saturated heterocycles. The predicted molar refractivity (Wildman–Crippen MR) is 111 cm³/mol. The Kier molecular flexibility index (Phi) is 6.81. The second kappa shape index (κ2) is 9.71. The number of para-hydroxylation sites is 2. The van der Waals surface area contributed by atoms with Crippen molar-refractivity contribution in [2.75, 3.05) is 23.8 Å². The SMILES string of the molecule is CCOc1ccccc1NC(=O)c1cc(NCCc2cccc(Cl)c2)ncn1. The molecule has 144 valence electrons. The van der Waals surface area contributed by atoms with Crippen LogP contribution < -0.4 is 15.4 Å². The molecule has 28 heavy (non-hydrogen) atoms. The number of rotatable bonds is 8. The molecule has 1 aromatic heterocycles. The molecule has 0 bridgehead atoms. The zero-order valence-corrected chi connectivity index (χ0v) is 16.2. The van der Waals surface area contributed by atoms with Crippen LogP contribution in [-0.2, 0) is 6.42 Å². The van der Waals surface area contributed by atoms with Crippen molar-refractivity contribution >= 4 is 29.0 Å². The lowest BCUT2D eigenvalue weighted by atomic mass is 10.1. The molecule has 1 amide bonds. The standard InChI is InChI=1S/C21H21ClN4O2/c1-2-28-19-9-4-3-8-17(19)26-21(27)18-13-20(25-14-24-18)23-11-10-15-6-5-7-16(22)12-15/h3-9,12-14H,2,10-11H2,1H3,(H,26,27)(H,23,24,25). The molecule has 0 atom stereocenters. The quantitative estimate of drug-likeness (QED) is 0.588. The van der Waals surface area contributed by atoms with E-state index in [1.165, 1.54) is 6.33 Å². The van der Waals surface area contributed by atoms with Crippen LogP contribution in [0.5, 0.6) is 5.75 Å². The van der Waals surface area contributed by atoms with Crippen LogP contribution in [0, 0.1) is 0 Å². The highest BCUT2D eigenvalue weighted by Crippen LogP contribution is 2.24. The molecule has 0 radical (unpaired) electrons. The number of anilines is 2. The lowest BCUT2D eigenvalue weighted by Crippen LogP contribution is -2.16. The minimum Gasteiger partial charge on any atom is -0.492 e. The van der Waals surface area contributed by atoms with Crippen molar-refractivity contribution in [2.24, 2.45) is 0 Å². The summed E-state index contributed by atoms with van der Waals surface area (Å²) in [6.45, 7) is 3.07. The molecule has 0 fully saturated rings. The Bertz CT molecular complexity index is 949. The lowest BCUT2D eigenvalue weighted by Gasteiger charge is -2.11. The molecule has 0 aliphatic heterocycles. The van der Waals surface area contributed by atoms with Gasteiger partial charge in [0, 0.05) is 17.6 Å². The highest BCUT2D eigenvalue weighted by Gasteiger charge is 2.12. The first-order valence-electron chi connectivity index (χ1n) is 8.99. The van der Waals surface area contributed by atoms with Gasteiger partial charge in [0.05, 0.1) is 12.3 Å². The first kappa shape index (κ1) is 19.6. The third-order valence-corrected chi connectivity index (χ3v) is 4.18. The summed E-state index contributed by atoms with van der Waals surface area (Å²) in [5, 5.41) is 6.75. The topological polar surface area (TPSA) is 76.1 Å². The Balaban J connectivity index is 1.61. The molecular weight excluding hydrogens is 376 g/mol. The van der Waals surface area contributed by atoms with Gasteiger partial charge in [0.1, 0.15) is 23.6 Å². The fourth-order valence-corrected chi connectivity index (χ4v) is 2.86. The van der Waals surface area contributed by atoms with Gasteiger partial charge < -0.3 is 15.4 Å². The zero-order chi connectivity index (χ0) is 19.8. The Morgan fingerprint density at radius 2 is 1.96 bits per heavy atom. The van der Waals surface area contributed by atoms with E-state index < -0.39 is 0 Å². The fourth-order valence-electron chi connectivity index (χ4n) is 2.64. The van der Waals surface area contributed by atoms with Crippen LogP contribution in [0.25, 0.3) is 0 Å². The summed E-state index contributed by atoms with van der Waals surface area (Å²) in [6, 6.07) is 16.6. The van der Waals surface area contributed by atoms with Gasteiger partial charge in [-0.3, -0.25) is 4.79 Å². The summed E-state index contributed by atoms with van der Waals surface area (Å²) in [5.74, 6) is 0.875. The van der Waals surface area contributed by atoms with Gasteiger partial charge in [0.25, 0.3) is 5.91 Å². The summed E-state index contributed by atoms with van der Waals surface area (Å²) in [7, 11) is 0. The number of aromatic nitrogens is 2. The highest BCUT2D eigenvalue weighted by molar-refractivity contribution is 6.30. The van der Waals surface area contributed by atoms with Crippen molar-refractivity contribution in [3.63, 3.8) is 0 Å². The van der Waals surface area contributed by atoms with Crippen molar-refractivity contribution in [3.8, 4) is 5.75 Å². The number of amides is 1. The second-order valence-electron chi connectivity index (χ2n) is 5.98. The normalized spacial score (nSPS) is 10.4. The molecule has 3 rings (SSSR count). The zero-order valence-electron chi connectivity index (χ0n) is 15.5. The van der Waals surface area contributed by atoms with Gasteiger partial charge in [0.2, 0.25) is 0 Å². The van der Waals surface area contributed by atoms with E-state index in [-0.39, 0.29) is 11.6 Å². The minimum atomic E-state index is -0.326. The smallest absolute Gasteiger partial charge is 0.274 e. The first-order chi connectivity index (χ1) is 13.7. The molecule has 1 heterocycles. The van der Waals surface area contributed by atoms with Crippen LogP contribution >= 0.6 is 11.6 Å². The first-order valence-corrected chi connectivity index (χ1v) is 9.37. The molecular formula is C21H21ClN4O2. The van der Waals surface area contributed by atoms with Crippen LogP contribution in [0.2, 0.25) is 5.02 Å². The Morgan fingerprint density at radius 1 is 1.11 bits per heavy atom. The summed E-state index contributed by atoms with van der Waals surface area (Å²) in [6.07, 6.45) is 2.15. The van der Waals surface area contributed by atoms with Gasteiger partial charge in [0.15, 0.2) is 0 Å². The average Bonchev–Trinajstić information content (AvgIpc) is 2.70. The summed E-state index contributed by atoms with van der Waals surface area (Å²) < 4.78 is 5.53. The molecule has 0 aliphatic rings. The largest absolute Gasteiger partial charge is 0.492 e. The van der Waals surface area contributed by atoms with E-state index >= 15 is 0 Å². The molecule has 0 unspecified atom stereocenters. The Hall–Kier alpha value is -3.12. The monoisotopic (exact) mass is 396 g/mol. The van der Waals surface area contributed by atoms with E-state index in [4.69, 9.17) is 16.3 Å². The third-order valence-electron chi connectivity index (χ3n) is 3.94. The van der Waals surface area contributed by atoms with Crippen LogP contribution in [-0.4, -0.2) is 29.0 Å². The van der Waals surface area contributed by atoms with Crippen molar-refractivity contribution in [1.29, 1.82) is 0 Å². The maximum absolute atomic E-state index is 12.6. The number of carbonyl (C=O) groups excluding carboxylic acids is 1. The third kappa shape index (κ3) is 5.44. The molecule has 2 aromatic carbocycles. The van der Waals surface area contributed by atoms with Crippen LogP contribution in [0.4, 0.5) is 11.5 Å². The van der Waals surface area contributed by atoms with Gasteiger partial charge in [-0.2, -0.15) is 0 Å². The Morgan fingerprint density at radius 3 is 2.79 bits per heavy atom. The molecule has 6 nitrogen and oxygen atoms in total. The number of benzene rings is 2. The number of carbonyl (C=O) groups is 1. The fraction of sp³-hybridized carbons (Fsp3) is 0.190. The molecule has 3 aromatic rings. The number of hydrogen-bond acceptors (Lipinski definition) is 5. The van der Waals surface area contributed by atoms with Gasteiger partial charge in [-0.1, -0.05) is 35.9 Å². The summed E-state index contributed by atoms with van der Waals surface area (Å²) >= 11 is 6.00. The molecule has 2 N–H and O–H groups in total. The maximum atomic E-state index is 12.6. The molecule has 0 saturated carbocycles. The van der Waals surface area contributed by atoms with Gasteiger partial charge in [-0.15, -0.1) is 0 Å². The minimum absolute atomic E-state index is 0.270. The summed E-state index contributed by atoms with van der Waals surface area (Å²) in [4.78, 5) is 20.8. The summed E-state index contributed by atoms with van der Waals surface area (Å²) in [5.41, 5.74) is 1.99. The van der Waals surface area contributed by atoms with E-state index in [1.54, 1.807) is 12.1 Å². The number of nitrogens with zero attached hydrogens (tertiary/aromatic N) is 2. The number of halogens is 1. The van der Waals surface area contributed by atoms with E-state index in [1.807, 2.05) is 49.4 Å². The lowest BCUT2D eigenvalue weighted by molar-refractivity contribution is 0.102. The van der Waals surface area contributed by atoms with Crippen molar-refractivity contribution in [1.82, 2.24) is 9.97 Å². The average molecular weight is 397 g/mol. The number of hydrogen-bond donors (Lipinski definition) is 2. The van der Waals surface area contributed by atoms with Gasteiger partial charge >= 0.3 is 0 Å². The van der Waals surface area contributed by atoms with Crippen LogP contribution in [0.15, 0.2) is 60.9 Å². The van der Waals surface area contributed by atoms with E-state index in [0.29, 0.717) is 35.4 Å². The van der Waals surface area contributed by atoms with Crippen LogP contribution in [0.3, 0.4) is 0 Å². The highest BCUT2D eigenvalue weighted by atomic mass is 35.5.